The molecule has 3 heterocycles. The second-order valence-electron chi connectivity index (χ2n) is 4.11. The maximum absolute atomic E-state index is 9.71. The molecule has 3 rings (SSSR count). The molecule has 1 saturated heterocycles. The van der Waals surface area contributed by atoms with Crippen LogP contribution in [0.15, 0.2) is 12.5 Å². The SMILES string of the molecule is OC[C@@H]1O[C@H](n2cnc3cnc(Cl)nc32)C[C@H]1O. The highest BCUT2D eigenvalue weighted by Crippen LogP contribution is 2.30. The maximum Gasteiger partial charge on any atom is 0.224 e. The summed E-state index contributed by atoms with van der Waals surface area (Å²) in [4.78, 5) is 12.1. The summed E-state index contributed by atoms with van der Waals surface area (Å²) >= 11 is 5.75. The molecule has 0 radical (unpaired) electrons. The summed E-state index contributed by atoms with van der Waals surface area (Å²) in [7, 11) is 0. The lowest BCUT2D eigenvalue weighted by Gasteiger charge is -2.13. The average Bonchev–Trinajstić information content (AvgIpc) is 2.91. The molecule has 18 heavy (non-hydrogen) atoms. The van der Waals surface area contributed by atoms with Crippen LogP contribution in [0.25, 0.3) is 11.2 Å². The molecule has 0 bridgehead atoms. The third kappa shape index (κ3) is 1.85. The zero-order valence-corrected chi connectivity index (χ0v) is 10.0. The number of imidazole rings is 1. The van der Waals surface area contributed by atoms with E-state index in [2.05, 4.69) is 15.0 Å². The molecule has 1 fully saturated rings. The van der Waals surface area contributed by atoms with E-state index in [1.807, 2.05) is 0 Å². The zero-order chi connectivity index (χ0) is 12.7. The number of hydrogen-bond donors (Lipinski definition) is 2. The van der Waals surface area contributed by atoms with Gasteiger partial charge in [-0.2, -0.15) is 4.98 Å². The van der Waals surface area contributed by atoms with E-state index >= 15 is 0 Å². The Morgan fingerprint density at radius 2 is 2.33 bits per heavy atom. The van der Waals surface area contributed by atoms with Gasteiger partial charge >= 0.3 is 0 Å². The van der Waals surface area contributed by atoms with Crippen LogP contribution in [-0.2, 0) is 4.74 Å². The standard InChI is InChI=1S/C10H11ClN4O3/c11-10-12-2-5-9(14-10)15(4-13-5)8-1-6(17)7(3-16)18-8/h2,4,6-8,16-17H,1,3H2/t6-,7+,8+/m1/s1. The number of hydrogen-bond acceptors (Lipinski definition) is 6. The van der Waals surface area contributed by atoms with E-state index in [4.69, 9.17) is 21.4 Å². The molecule has 7 nitrogen and oxygen atoms in total. The van der Waals surface area contributed by atoms with Gasteiger partial charge in [-0.1, -0.05) is 0 Å². The molecule has 0 spiro atoms. The molecule has 0 saturated carbocycles. The number of ether oxygens (including phenoxy) is 1. The highest BCUT2D eigenvalue weighted by Gasteiger charge is 2.35. The summed E-state index contributed by atoms with van der Waals surface area (Å²) in [5, 5.41) is 18.9. The molecule has 96 valence electrons. The van der Waals surface area contributed by atoms with Crippen molar-refractivity contribution in [2.75, 3.05) is 6.61 Å². The first-order valence-electron chi connectivity index (χ1n) is 5.48. The smallest absolute Gasteiger partial charge is 0.224 e. The molecular weight excluding hydrogens is 260 g/mol. The topological polar surface area (TPSA) is 93.3 Å². The van der Waals surface area contributed by atoms with Gasteiger partial charge < -0.3 is 14.9 Å². The number of aromatic nitrogens is 4. The second-order valence-corrected chi connectivity index (χ2v) is 4.45. The van der Waals surface area contributed by atoms with E-state index in [1.165, 1.54) is 6.20 Å². The third-order valence-corrected chi connectivity index (χ3v) is 3.16. The highest BCUT2D eigenvalue weighted by molar-refractivity contribution is 6.28. The lowest BCUT2D eigenvalue weighted by Crippen LogP contribution is -2.24. The summed E-state index contributed by atoms with van der Waals surface area (Å²) < 4.78 is 7.22. The molecule has 0 unspecified atom stereocenters. The lowest BCUT2D eigenvalue weighted by molar-refractivity contribution is -0.0432. The molecule has 3 atom stereocenters. The van der Waals surface area contributed by atoms with Crippen LogP contribution in [0.1, 0.15) is 12.6 Å². The van der Waals surface area contributed by atoms with E-state index in [9.17, 15) is 5.11 Å². The molecule has 1 aliphatic rings. The number of rotatable bonds is 2. The van der Waals surface area contributed by atoms with Gasteiger partial charge in [0.05, 0.1) is 25.2 Å². The van der Waals surface area contributed by atoms with Gasteiger partial charge in [-0.3, -0.25) is 4.57 Å². The quantitative estimate of drug-likeness (QED) is 0.753. The fraction of sp³-hybridized carbons (Fsp3) is 0.500. The average molecular weight is 271 g/mol. The molecule has 8 heteroatoms. The van der Waals surface area contributed by atoms with Crippen molar-refractivity contribution in [2.24, 2.45) is 0 Å². The number of aliphatic hydroxyl groups is 2. The first-order valence-corrected chi connectivity index (χ1v) is 5.86. The van der Waals surface area contributed by atoms with Crippen LogP contribution in [-0.4, -0.2) is 48.5 Å². The van der Waals surface area contributed by atoms with Gasteiger partial charge in [-0.25, -0.2) is 9.97 Å². The Morgan fingerprint density at radius 3 is 3.06 bits per heavy atom. The van der Waals surface area contributed by atoms with Crippen molar-refractivity contribution in [1.29, 1.82) is 0 Å². The van der Waals surface area contributed by atoms with Crippen molar-refractivity contribution in [3.63, 3.8) is 0 Å². The number of fused-ring (bicyclic) bond motifs is 1. The number of nitrogens with zero attached hydrogens (tertiary/aromatic N) is 4. The minimum absolute atomic E-state index is 0.126. The maximum atomic E-state index is 9.71. The van der Waals surface area contributed by atoms with Gasteiger partial charge in [-0.15, -0.1) is 0 Å². The molecule has 0 amide bonds. The normalized spacial score (nSPS) is 28.1. The minimum atomic E-state index is -0.699. The van der Waals surface area contributed by atoms with Crippen LogP contribution in [0.3, 0.4) is 0 Å². The molecule has 2 aromatic heterocycles. The first kappa shape index (κ1) is 11.8. The predicted octanol–water partition coefficient (Wildman–Crippen LogP) is 0.120. The van der Waals surface area contributed by atoms with E-state index in [0.29, 0.717) is 17.6 Å². The van der Waals surface area contributed by atoms with Crippen molar-refractivity contribution < 1.29 is 14.9 Å². The van der Waals surface area contributed by atoms with Crippen molar-refractivity contribution in [2.45, 2.75) is 24.9 Å². The fourth-order valence-corrected chi connectivity index (χ4v) is 2.20. The Bertz CT molecular complexity index is 575. The van der Waals surface area contributed by atoms with Crippen LogP contribution < -0.4 is 0 Å². The number of aliphatic hydroxyl groups excluding tert-OH is 2. The van der Waals surface area contributed by atoms with Gasteiger partial charge in [-0.05, 0) is 11.6 Å². The molecule has 1 aliphatic heterocycles. The summed E-state index contributed by atoms with van der Waals surface area (Å²) in [5.41, 5.74) is 1.15. The molecule has 0 aliphatic carbocycles. The van der Waals surface area contributed by atoms with Gasteiger partial charge in [0.15, 0.2) is 5.65 Å². The van der Waals surface area contributed by atoms with Crippen LogP contribution >= 0.6 is 11.6 Å². The third-order valence-electron chi connectivity index (χ3n) is 2.98. The Labute approximate surface area is 107 Å². The second kappa shape index (κ2) is 4.43. The van der Waals surface area contributed by atoms with Crippen molar-refractivity contribution >= 4 is 22.8 Å². The van der Waals surface area contributed by atoms with Crippen LogP contribution in [0.5, 0.6) is 0 Å². The van der Waals surface area contributed by atoms with Gasteiger partial charge in [0, 0.05) is 6.42 Å². The molecule has 0 aromatic carbocycles. The Hall–Kier alpha value is -1.28. The van der Waals surface area contributed by atoms with E-state index < -0.39 is 18.4 Å². The fourth-order valence-electron chi connectivity index (χ4n) is 2.07. The monoisotopic (exact) mass is 270 g/mol. The summed E-state index contributed by atoms with van der Waals surface area (Å²) in [5.74, 6) is 0. The molecule has 2 aromatic rings. The Kier molecular flexibility index (Phi) is 2.90. The van der Waals surface area contributed by atoms with Gasteiger partial charge in [0.25, 0.3) is 0 Å². The molecular formula is C10H11ClN4O3. The molecule has 2 N–H and O–H groups in total. The Balaban J connectivity index is 1.98. The van der Waals surface area contributed by atoms with Crippen LogP contribution in [0.2, 0.25) is 5.28 Å². The zero-order valence-electron chi connectivity index (χ0n) is 9.27. The summed E-state index contributed by atoms with van der Waals surface area (Å²) in [6.07, 6.45) is 1.77. The van der Waals surface area contributed by atoms with Gasteiger partial charge in [0.2, 0.25) is 5.28 Å². The Morgan fingerprint density at radius 1 is 1.50 bits per heavy atom. The van der Waals surface area contributed by atoms with E-state index in [0.717, 1.165) is 0 Å². The van der Waals surface area contributed by atoms with Crippen molar-refractivity contribution in [3.8, 4) is 0 Å². The minimum Gasteiger partial charge on any atom is -0.394 e. The predicted molar refractivity (Wildman–Crippen MR) is 62.0 cm³/mol. The van der Waals surface area contributed by atoms with Crippen LogP contribution in [0, 0.1) is 0 Å². The number of halogens is 1. The van der Waals surface area contributed by atoms with E-state index in [1.54, 1.807) is 10.9 Å². The van der Waals surface area contributed by atoms with E-state index in [-0.39, 0.29) is 11.9 Å². The van der Waals surface area contributed by atoms with Crippen LogP contribution in [0.4, 0.5) is 0 Å². The summed E-state index contributed by atoms with van der Waals surface area (Å²) in [6.45, 7) is -0.222. The first-order chi connectivity index (χ1) is 8.69. The van der Waals surface area contributed by atoms with Crippen molar-refractivity contribution in [3.05, 3.63) is 17.8 Å². The highest BCUT2D eigenvalue weighted by atomic mass is 35.5. The van der Waals surface area contributed by atoms with Gasteiger partial charge in [0.1, 0.15) is 17.8 Å². The largest absolute Gasteiger partial charge is 0.394 e. The summed E-state index contributed by atoms with van der Waals surface area (Å²) in [6, 6.07) is 0. The lowest BCUT2D eigenvalue weighted by atomic mass is 10.2. The van der Waals surface area contributed by atoms with Crippen molar-refractivity contribution in [1.82, 2.24) is 19.5 Å².